The van der Waals surface area contributed by atoms with Gasteiger partial charge in [-0.2, -0.15) is 5.56 Å². The van der Waals surface area contributed by atoms with Crippen LogP contribution in [-0.4, -0.2) is 0 Å². The molecule has 0 fully saturated rings. The van der Waals surface area contributed by atoms with Crippen molar-refractivity contribution in [2.75, 3.05) is 0 Å². The van der Waals surface area contributed by atoms with Crippen LogP contribution in [0, 0.1) is 6.08 Å². The van der Waals surface area contributed by atoms with Crippen molar-refractivity contribution >= 4 is 34.0 Å². The van der Waals surface area contributed by atoms with Crippen LogP contribution in [0.25, 0.3) is 6.08 Å². The number of allylic oxidation sites excluding steroid dienone is 1. The van der Waals surface area contributed by atoms with Crippen LogP contribution >= 0.6 is 27.9 Å². The Kier molecular flexibility index (Phi) is 6.00. The van der Waals surface area contributed by atoms with E-state index >= 15 is 0 Å². The Bertz CT molecular complexity index is 550. The van der Waals surface area contributed by atoms with Crippen LogP contribution in [0.3, 0.4) is 0 Å². The molecule has 0 aromatic heterocycles. The molecule has 1 unspecified atom stereocenters. The molecule has 0 radical (unpaired) electrons. The molecular weight excluding hydrogens is 334 g/mol. The summed E-state index contributed by atoms with van der Waals surface area (Å²) in [6.45, 7) is 0. The van der Waals surface area contributed by atoms with Crippen molar-refractivity contribution in [1.29, 1.82) is 0 Å². The number of rotatable bonds is 1. The van der Waals surface area contributed by atoms with E-state index in [1.807, 2.05) is 6.07 Å². The van der Waals surface area contributed by atoms with Crippen LogP contribution in [0.4, 0.5) is 0 Å². The molecule has 3 rings (SSSR count). The molecule has 2 aromatic rings. The Morgan fingerprint density at radius 3 is 2.11 bits per heavy atom. The van der Waals surface area contributed by atoms with Crippen LogP contribution < -0.4 is 0 Å². The fourth-order valence-electron chi connectivity index (χ4n) is 2.09. The summed E-state index contributed by atoms with van der Waals surface area (Å²) in [5.74, 6) is 0.322. The quantitative estimate of drug-likeness (QED) is 0.458. The van der Waals surface area contributed by atoms with Crippen molar-refractivity contribution in [3.63, 3.8) is 0 Å². The molecule has 96 valence electrons. The van der Waals surface area contributed by atoms with Crippen molar-refractivity contribution in [1.82, 2.24) is 0 Å². The molecule has 0 spiro atoms. The zero-order valence-corrected chi connectivity index (χ0v) is 13.8. The first-order valence-corrected chi connectivity index (χ1v) is 12.2. The van der Waals surface area contributed by atoms with Gasteiger partial charge in [-0.15, -0.1) is 11.6 Å². The van der Waals surface area contributed by atoms with E-state index in [1.165, 1.54) is 16.7 Å². The van der Waals surface area contributed by atoms with Crippen molar-refractivity contribution in [3.05, 3.63) is 77.4 Å². The monoisotopic (exact) mass is 344 g/mol. The van der Waals surface area contributed by atoms with Gasteiger partial charge in [-0.3, -0.25) is 6.08 Å². The zero-order valence-electron chi connectivity index (χ0n) is 9.98. The van der Waals surface area contributed by atoms with Crippen LogP contribution in [0.2, 0.25) is 0 Å². The second-order valence-electron chi connectivity index (χ2n) is 4.00. The molecule has 0 saturated carbocycles. The topological polar surface area (TPSA) is 0 Å². The van der Waals surface area contributed by atoms with Crippen LogP contribution in [0.5, 0.6) is 0 Å². The first kappa shape index (κ1) is 15.2. The molecule has 1 aliphatic rings. The van der Waals surface area contributed by atoms with Gasteiger partial charge in [0.15, 0.2) is 0 Å². The van der Waals surface area contributed by atoms with Crippen LogP contribution in [-0.2, 0) is 14.7 Å². The molecule has 4 heteroatoms. The number of hydrogen-bond acceptors (Lipinski definition) is 0. The van der Waals surface area contributed by atoms with Gasteiger partial charge in [-0.05, 0) is 0 Å². The summed E-state index contributed by atoms with van der Waals surface area (Å²) in [6.07, 6.45) is 5.50. The molecule has 1 aliphatic carbocycles. The van der Waals surface area contributed by atoms with E-state index in [0.29, 0.717) is 5.92 Å². The third-order valence-corrected chi connectivity index (χ3v) is 2.85. The Morgan fingerprint density at radius 1 is 0.842 bits per heavy atom. The number of benzene rings is 2. The van der Waals surface area contributed by atoms with E-state index in [9.17, 15) is 0 Å². The predicted molar refractivity (Wildman–Crippen MR) is 80.0 cm³/mol. The fraction of sp³-hybridized carbons (Fsp3) is 0.0667. The second-order valence-corrected chi connectivity index (χ2v) is 11.7. The summed E-state index contributed by atoms with van der Waals surface area (Å²) in [7, 11) is 14.9. The Morgan fingerprint density at radius 2 is 1.42 bits per heavy atom. The summed E-state index contributed by atoms with van der Waals surface area (Å²) in [4.78, 5) is 0. The molecule has 0 saturated heterocycles. The van der Waals surface area contributed by atoms with E-state index < -0.39 is 14.7 Å². The summed E-state index contributed by atoms with van der Waals surface area (Å²) in [6, 6.07) is 19.0. The number of hydrogen-bond donors (Lipinski definition) is 0. The maximum absolute atomic E-state index is 4.97. The van der Waals surface area contributed by atoms with Gasteiger partial charge in [0, 0.05) is 0 Å². The molecular formula is C15H11Cl3Ti. The second kappa shape index (κ2) is 7.52. The average Bonchev–Trinajstić information content (AvgIpc) is 2.83. The van der Waals surface area contributed by atoms with Crippen molar-refractivity contribution in [3.8, 4) is 0 Å². The molecule has 2 aromatic carbocycles. The van der Waals surface area contributed by atoms with Crippen molar-refractivity contribution in [2.24, 2.45) is 0 Å². The normalized spacial score (nSPS) is 15.4. The Hall–Kier alpha value is -0.236. The summed E-state index contributed by atoms with van der Waals surface area (Å²) < 4.78 is 0. The van der Waals surface area contributed by atoms with Gasteiger partial charge in [0.1, 0.15) is 0 Å². The maximum atomic E-state index is 4.97. The van der Waals surface area contributed by atoms with Crippen molar-refractivity contribution < 1.29 is 14.7 Å². The van der Waals surface area contributed by atoms with E-state index in [2.05, 4.69) is 60.7 Å². The summed E-state index contributed by atoms with van der Waals surface area (Å²) in [5.41, 5.74) is 3.98. The molecule has 0 N–H and O–H groups in total. The van der Waals surface area contributed by atoms with Gasteiger partial charge >= 0.3 is 42.6 Å². The van der Waals surface area contributed by atoms with E-state index in [1.54, 1.807) is 0 Å². The van der Waals surface area contributed by atoms with Gasteiger partial charge in [0.25, 0.3) is 0 Å². The average molecular weight is 345 g/mol. The molecule has 0 heterocycles. The van der Waals surface area contributed by atoms with E-state index in [0.717, 1.165) is 0 Å². The fourth-order valence-corrected chi connectivity index (χ4v) is 2.09. The third kappa shape index (κ3) is 4.38. The van der Waals surface area contributed by atoms with Gasteiger partial charge in [0.2, 0.25) is 0 Å². The number of halogens is 3. The summed E-state index contributed by atoms with van der Waals surface area (Å²) in [5, 5.41) is 0. The predicted octanol–water partition coefficient (Wildman–Crippen LogP) is 5.71. The molecule has 0 nitrogen and oxygen atoms in total. The number of fused-ring (bicyclic) bond motifs is 1. The van der Waals surface area contributed by atoms with Gasteiger partial charge in [-0.1, -0.05) is 60.0 Å². The van der Waals surface area contributed by atoms with Gasteiger partial charge in [-0.25, -0.2) is 6.08 Å². The van der Waals surface area contributed by atoms with Gasteiger partial charge in [0.05, 0.1) is 0 Å². The minimum atomic E-state index is -1.92. The Labute approximate surface area is 131 Å². The summed E-state index contributed by atoms with van der Waals surface area (Å²) >= 11 is -1.92. The zero-order chi connectivity index (χ0) is 13.7. The van der Waals surface area contributed by atoms with E-state index in [-0.39, 0.29) is 0 Å². The standard InChI is InChI=1S/C15H11.3ClH.Ti/c1-2-6-12(7-3-1)15-11-10-13-8-4-5-9-14(13)15;;;;/h1-10,15H;3*1H;/q-1;;;;+4/p-3. The first-order valence-electron chi connectivity index (χ1n) is 5.75. The van der Waals surface area contributed by atoms with Crippen LogP contribution in [0.1, 0.15) is 22.6 Å². The molecule has 0 amide bonds. The molecule has 1 atom stereocenters. The Balaban J connectivity index is 0.000000297. The minimum absolute atomic E-state index is 0.322. The molecule has 0 aliphatic heterocycles. The van der Waals surface area contributed by atoms with Crippen molar-refractivity contribution in [2.45, 2.75) is 5.92 Å². The molecule has 0 bridgehead atoms. The first-order chi connectivity index (χ1) is 9.18. The van der Waals surface area contributed by atoms with Crippen LogP contribution in [0.15, 0.2) is 54.6 Å². The van der Waals surface area contributed by atoms with E-state index in [4.69, 9.17) is 27.9 Å². The SMILES string of the molecule is [C-]1=Cc2ccccc2C1c1ccccc1.[Cl][Ti+]([Cl])[Cl]. The third-order valence-electron chi connectivity index (χ3n) is 2.85. The molecule has 19 heavy (non-hydrogen) atoms. The van der Waals surface area contributed by atoms with Gasteiger partial charge < -0.3 is 0 Å².